The fraction of sp³-hybridized carbons (Fsp3) is 0.579. The number of rotatable bonds is 4. The van der Waals surface area contributed by atoms with E-state index in [4.69, 9.17) is 0 Å². The highest BCUT2D eigenvalue weighted by atomic mass is 16.2. The predicted octanol–water partition coefficient (Wildman–Crippen LogP) is 1.69. The van der Waals surface area contributed by atoms with Crippen molar-refractivity contribution in [2.24, 2.45) is 0 Å². The molecule has 3 heterocycles. The molecule has 0 radical (unpaired) electrons. The first-order valence-electron chi connectivity index (χ1n) is 9.42. The summed E-state index contributed by atoms with van der Waals surface area (Å²) in [6, 6.07) is 6.52. The summed E-state index contributed by atoms with van der Waals surface area (Å²) in [6.07, 6.45) is 5.32. The van der Waals surface area contributed by atoms with Crippen LogP contribution in [0.25, 0.3) is 10.9 Å². The van der Waals surface area contributed by atoms with E-state index in [0.717, 1.165) is 63.1 Å². The van der Waals surface area contributed by atoms with Crippen molar-refractivity contribution in [1.29, 1.82) is 0 Å². The fourth-order valence-corrected chi connectivity index (χ4v) is 3.94. The Labute approximate surface area is 148 Å². The molecule has 2 saturated heterocycles. The number of carbonyl (C=O) groups excluding carboxylic acids is 1. The summed E-state index contributed by atoms with van der Waals surface area (Å²) in [5.74, 6) is 0.315. The minimum Gasteiger partial charge on any atom is -0.342 e. The molecule has 134 valence electrons. The molecule has 4 rings (SSSR count). The lowest BCUT2D eigenvalue weighted by Crippen LogP contribution is -2.40. The summed E-state index contributed by atoms with van der Waals surface area (Å²) in [6.45, 7) is 7.58. The van der Waals surface area contributed by atoms with E-state index in [9.17, 15) is 4.79 Å². The standard InChI is InChI=1S/C19H27N5O/c25-19(24-8-1-2-9-24)15-23-7-3-6-22(10-11-23)14-16-4-5-17-13-20-21-18(17)12-16/h4-5,12-13H,1-3,6-11,14-15H2,(H,20,21). The first-order chi connectivity index (χ1) is 12.3. The summed E-state index contributed by atoms with van der Waals surface area (Å²) in [5, 5.41) is 8.30. The van der Waals surface area contributed by atoms with Gasteiger partial charge in [0.25, 0.3) is 0 Å². The molecule has 1 aromatic heterocycles. The molecule has 1 N–H and O–H groups in total. The largest absolute Gasteiger partial charge is 0.342 e. The summed E-state index contributed by atoms with van der Waals surface area (Å²) in [4.78, 5) is 19.2. The van der Waals surface area contributed by atoms with Gasteiger partial charge in [-0.1, -0.05) is 12.1 Å². The summed E-state index contributed by atoms with van der Waals surface area (Å²) < 4.78 is 0. The second-order valence-electron chi connectivity index (χ2n) is 7.29. The van der Waals surface area contributed by atoms with Crippen LogP contribution < -0.4 is 0 Å². The van der Waals surface area contributed by atoms with Crippen molar-refractivity contribution >= 4 is 16.8 Å². The number of H-pyrrole nitrogens is 1. The minimum atomic E-state index is 0.315. The molecule has 6 heteroatoms. The van der Waals surface area contributed by atoms with Crippen LogP contribution in [0.15, 0.2) is 24.4 Å². The van der Waals surface area contributed by atoms with Crippen molar-refractivity contribution in [3.63, 3.8) is 0 Å². The Kier molecular flexibility index (Phi) is 4.99. The first-order valence-corrected chi connectivity index (χ1v) is 9.42. The molecule has 2 aliphatic heterocycles. The van der Waals surface area contributed by atoms with E-state index in [-0.39, 0.29) is 0 Å². The molecule has 0 spiro atoms. The molecule has 0 bridgehead atoms. The van der Waals surface area contributed by atoms with Crippen LogP contribution in [0.3, 0.4) is 0 Å². The van der Waals surface area contributed by atoms with Crippen molar-refractivity contribution in [3.8, 4) is 0 Å². The summed E-state index contributed by atoms with van der Waals surface area (Å²) >= 11 is 0. The van der Waals surface area contributed by atoms with Gasteiger partial charge in [-0.05, 0) is 44.0 Å². The monoisotopic (exact) mass is 341 g/mol. The lowest BCUT2D eigenvalue weighted by atomic mass is 10.1. The van der Waals surface area contributed by atoms with Crippen molar-refractivity contribution in [3.05, 3.63) is 30.0 Å². The van der Waals surface area contributed by atoms with Crippen LogP contribution in [-0.2, 0) is 11.3 Å². The molecular formula is C19H27N5O. The van der Waals surface area contributed by atoms with Gasteiger partial charge >= 0.3 is 0 Å². The topological polar surface area (TPSA) is 55.5 Å². The zero-order valence-corrected chi connectivity index (χ0v) is 14.8. The Balaban J connectivity index is 1.30. The molecule has 0 saturated carbocycles. The van der Waals surface area contributed by atoms with Gasteiger partial charge in [0.15, 0.2) is 0 Å². The molecule has 0 atom stereocenters. The molecule has 2 aliphatic rings. The van der Waals surface area contributed by atoms with Crippen molar-refractivity contribution in [1.82, 2.24) is 24.9 Å². The number of nitrogens with one attached hydrogen (secondary N) is 1. The highest BCUT2D eigenvalue weighted by Gasteiger charge is 2.22. The first kappa shape index (κ1) is 16.5. The lowest BCUT2D eigenvalue weighted by Gasteiger charge is -2.24. The molecular weight excluding hydrogens is 314 g/mol. The van der Waals surface area contributed by atoms with Crippen LogP contribution in [-0.4, -0.2) is 76.6 Å². The third-order valence-corrected chi connectivity index (χ3v) is 5.41. The zero-order chi connectivity index (χ0) is 17.1. The van der Waals surface area contributed by atoms with Crippen LogP contribution in [0, 0.1) is 0 Å². The second-order valence-corrected chi connectivity index (χ2v) is 7.29. The number of fused-ring (bicyclic) bond motifs is 1. The van der Waals surface area contributed by atoms with Crippen LogP contribution in [0.4, 0.5) is 0 Å². The van der Waals surface area contributed by atoms with Gasteiger partial charge in [-0.3, -0.25) is 19.7 Å². The average Bonchev–Trinajstić information content (AvgIpc) is 3.26. The van der Waals surface area contributed by atoms with Gasteiger partial charge in [0.1, 0.15) is 0 Å². The Morgan fingerprint density at radius 1 is 1.00 bits per heavy atom. The quantitative estimate of drug-likeness (QED) is 0.920. The van der Waals surface area contributed by atoms with Gasteiger partial charge in [-0.25, -0.2) is 0 Å². The Morgan fingerprint density at radius 3 is 2.68 bits per heavy atom. The fourth-order valence-electron chi connectivity index (χ4n) is 3.94. The van der Waals surface area contributed by atoms with Crippen LogP contribution in [0.1, 0.15) is 24.8 Å². The van der Waals surface area contributed by atoms with Gasteiger partial charge in [0.05, 0.1) is 18.3 Å². The van der Waals surface area contributed by atoms with Crippen LogP contribution in [0.2, 0.25) is 0 Å². The van der Waals surface area contributed by atoms with Crippen molar-refractivity contribution in [2.45, 2.75) is 25.8 Å². The van der Waals surface area contributed by atoms with Gasteiger partial charge < -0.3 is 4.90 Å². The normalized spacial score (nSPS) is 20.2. The highest BCUT2D eigenvalue weighted by molar-refractivity contribution is 5.79. The maximum atomic E-state index is 12.4. The van der Waals surface area contributed by atoms with Gasteiger partial charge in [-0.2, -0.15) is 5.10 Å². The smallest absolute Gasteiger partial charge is 0.236 e. The van der Waals surface area contributed by atoms with E-state index >= 15 is 0 Å². The van der Waals surface area contributed by atoms with Crippen molar-refractivity contribution < 1.29 is 4.79 Å². The Hall–Kier alpha value is -1.92. The number of aromatic amines is 1. The predicted molar refractivity (Wildman–Crippen MR) is 98.2 cm³/mol. The summed E-state index contributed by atoms with van der Waals surface area (Å²) in [5.41, 5.74) is 2.42. The SMILES string of the molecule is O=C(CN1CCCN(Cc2ccc3cn[nH]c3c2)CC1)N1CCCC1. The maximum Gasteiger partial charge on any atom is 0.236 e. The van der Waals surface area contributed by atoms with E-state index in [2.05, 4.69) is 38.2 Å². The van der Waals surface area contributed by atoms with Crippen molar-refractivity contribution in [2.75, 3.05) is 45.8 Å². The zero-order valence-electron chi connectivity index (χ0n) is 14.8. The van der Waals surface area contributed by atoms with E-state index in [1.54, 1.807) is 0 Å². The van der Waals surface area contributed by atoms with E-state index in [1.807, 2.05) is 11.1 Å². The molecule has 0 aliphatic carbocycles. The Morgan fingerprint density at radius 2 is 1.80 bits per heavy atom. The van der Waals surface area contributed by atoms with Gasteiger partial charge in [0.2, 0.25) is 5.91 Å². The Bertz CT molecular complexity index is 721. The molecule has 0 unspecified atom stereocenters. The minimum absolute atomic E-state index is 0.315. The highest BCUT2D eigenvalue weighted by Crippen LogP contribution is 2.16. The van der Waals surface area contributed by atoms with E-state index in [0.29, 0.717) is 12.5 Å². The number of hydrogen-bond donors (Lipinski definition) is 1. The molecule has 6 nitrogen and oxygen atoms in total. The molecule has 2 fully saturated rings. The maximum absolute atomic E-state index is 12.4. The molecule has 1 aromatic carbocycles. The van der Waals surface area contributed by atoms with Gasteiger partial charge in [-0.15, -0.1) is 0 Å². The number of nitrogens with zero attached hydrogens (tertiary/aromatic N) is 4. The van der Waals surface area contributed by atoms with E-state index in [1.165, 1.54) is 18.4 Å². The number of benzene rings is 1. The molecule has 1 amide bonds. The molecule has 25 heavy (non-hydrogen) atoms. The summed E-state index contributed by atoms with van der Waals surface area (Å²) in [7, 11) is 0. The number of amides is 1. The lowest BCUT2D eigenvalue weighted by molar-refractivity contribution is -0.131. The third kappa shape index (κ3) is 4.02. The number of hydrogen-bond acceptors (Lipinski definition) is 4. The van der Waals surface area contributed by atoms with Crippen LogP contribution in [0.5, 0.6) is 0 Å². The van der Waals surface area contributed by atoms with Crippen LogP contribution >= 0.6 is 0 Å². The number of likely N-dealkylation sites (tertiary alicyclic amines) is 1. The van der Waals surface area contributed by atoms with Gasteiger partial charge in [0, 0.05) is 38.1 Å². The number of aromatic nitrogens is 2. The molecule has 2 aromatic rings. The number of carbonyl (C=O) groups is 1. The average molecular weight is 341 g/mol. The van der Waals surface area contributed by atoms with E-state index < -0.39 is 0 Å². The third-order valence-electron chi connectivity index (χ3n) is 5.41. The second kappa shape index (κ2) is 7.54.